The Morgan fingerprint density at radius 1 is 0.933 bits per heavy atom. The predicted molar refractivity (Wildman–Crippen MR) is 197 cm³/mol. The Hall–Kier alpha value is -0.506. The fourth-order valence-electron chi connectivity index (χ4n) is 9.58. The highest BCUT2D eigenvalue weighted by molar-refractivity contribution is 6.73. The topological polar surface area (TPSA) is 58.9 Å². The quantitative estimate of drug-likeness (QED) is 0.104. The lowest BCUT2D eigenvalue weighted by Gasteiger charge is -2.48. The number of hydrogen-bond acceptors (Lipinski definition) is 4. The van der Waals surface area contributed by atoms with Crippen molar-refractivity contribution < 1.29 is 19.1 Å². The standard InChI is InChI=1S/C39H72O4Si2/c1-12-39(13-2,43-45(14-3,15-4)16-5)27-18-17-20-30(6)33-24-25-34-32(21-19-26-37(33,34)7)23-22-31-28-35(40)38(8,36(41)29-31)42-44(9,10)11/h17-18,20,23,27,30-31,33-36,40-41H,12-16,19,21-22,24-26,28-29H2,1-11H3/b20-17+,27-18+,32-23+/t30-,31-,33?,34?,35-,36-,37?,38+/m1/s1. The van der Waals surface area contributed by atoms with Crippen molar-refractivity contribution >= 4 is 16.6 Å². The summed E-state index contributed by atoms with van der Waals surface area (Å²) >= 11 is 0. The van der Waals surface area contributed by atoms with Crippen molar-refractivity contribution in [2.24, 2.45) is 29.1 Å². The Labute approximate surface area is 280 Å². The normalized spacial score (nSPS) is 35.0. The van der Waals surface area contributed by atoms with Crippen LogP contribution < -0.4 is 0 Å². The summed E-state index contributed by atoms with van der Waals surface area (Å²) in [6, 6.07) is 3.58. The van der Waals surface area contributed by atoms with E-state index in [2.05, 4.69) is 98.5 Å². The van der Waals surface area contributed by atoms with Gasteiger partial charge in [0.15, 0.2) is 16.6 Å². The lowest BCUT2D eigenvalue weighted by atomic mass is 9.61. The van der Waals surface area contributed by atoms with Crippen molar-refractivity contribution in [2.75, 3.05) is 0 Å². The van der Waals surface area contributed by atoms with Crippen LogP contribution in [-0.2, 0) is 8.85 Å². The minimum atomic E-state index is -1.89. The first-order valence-corrected chi connectivity index (χ1v) is 24.8. The molecule has 0 saturated heterocycles. The smallest absolute Gasteiger partial charge is 0.193 e. The van der Waals surface area contributed by atoms with Gasteiger partial charge in [-0.3, -0.25) is 0 Å². The van der Waals surface area contributed by atoms with Crippen LogP contribution in [0.5, 0.6) is 0 Å². The molecule has 0 radical (unpaired) electrons. The van der Waals surface area contributed by atoms with Crippen LogP contribution in [0.15, 0.2) is 36.0 Å². The van der Waals surface area contributed by atoms with Gasteiger partial charge in [-0.25, -0.2) is 0 Å². The zero-order valence-electron chi connectivity index (χ0n) is 31.3. The molecule has 3 unspecified atom stereocenters. The van der Waals surface area contributed by atoms with Crippen LogP contribution >= 0.6 is 0 Å². The first-order valence-electron chi connectivity index (χ1n) is 18.9. The first-order chi connectivity index (χ1) is 21.1. The second-order valence-electron chi connectivity index (χ2n) is 16.6. The second kappa shape index (κ2) is 15.8. The Bertz CT molecular complexity index is 1000. The van der Waals surface area contributed by atoms with Crippen LogP contribution in [0, 0.1) is 29.1 Å². The lowest BCUT2D eigenvalue weighted by molar-refractivity contribution is -0.156. The molecule has 0 spiro atoms. The third-order valence-corrected chi connectivity index (χ3v) is 18.6. The van der Waals surface area contributed by atoms with Crippen molar-refractivity contribution in [3.63, 3.8) is 0 Å². The van der Waals surface area contributed by atoms with Gasteiger partial charge < -0.3 is 19.1 Å². The van der Waals surface area contributed by atoms with Gasteiger partial charge in [-0.1, -0.05) is 84.4 Å². The summed E-state index contributed by atoms with van der Waals surface area (Å²) in [4.78, 5) is 0. The summed E-state index contributed by atoms with van der Waals surface area (Å²) in [6.07, 6.45) is 21.6. The molecule has 0 aromatic rings. The summed E-state index contributed by atoms with van der Waals surface area (Å²) in [6.45, 7) is 24.9. The summed E-state index contributed by atoms with van der Waals surface area (Å²) < 4.78 is 13.4. The summed E-state index contributed by atoms with van der Waals surface area (Å²) in [5, 5.41) is 22.2. The SMILES string of the molecule is CCC(/C=C/C=C/[C@@H](C)C1CCC2/C(=C/C[C@H]3C[C@@H](O)[C@@](C)(O[Si](C)(C)C)[C@H](O)C3)CCCC21C)(CC)O[Si](CC)(CC)CC. The van der Waals surface area contributed by atoms with E-state index in [1.165, 1.54) is 50.2 Å². The molecule has 0 aliphatic heterocycles. The third kappa shape index (κ3) is 8.95. The van der Waals surface area contributed by atoms with Crippen molar-refractivity contribution in [1.29, 1.82) is 0 Å². The van der Waals surface area contributed by atoms with Crippen molar-refractivity contribution in [3.8, 4) is 0 Å². The van der Waals surface area contributed by atoms with E-state index in [1.54, 1.807) is 5.57 Å². The minimum absolute atomic E-state index is 0.139. The molecule has 0 amide bonds. The maximum Gasteiger partial charge on any atom is 0.193 e. The lowest BCUT2D eigenvalue weighted by Crippen LogP contribution is -2.59. The Morgan fingerprint density at radius 3 is 2.07 bits per heavy atom. The summed E-state index contributed by atoms with van der Waals surface area (Å²) in [7, 11) is -3.57. The molecule has 3 fully saturated rings. The fourth-order valence-corrected chi connectivity index (χ4v) is 14.3. The highest BCUT2D eigenvalue weighted by atomic mass is 28.4. The molecule has 0 aromatic heterocycles. The van der Waals surface area contributed by atoms with Gasteiger partial charge in [0.25, 0.3) is 0 Å². The Balaban J connectivity index is 1.66. The number of aliphatic hydroxyl groups is 2. The molecule has 6 atom stereocenters. The van der Waals surface area contributed by atoms with Crippen LogP contribution in [0.4, 0.5) is 0 Å². The number of rotatable bonds is 15. The second-order valence-corrected chi connectivity index (χ2v) is 25.7. The monoisotopic (exact) mass is 660 g/mol. The molecule has 2 N–H and O–H groups in total. The van der Waals surface area contributed by atoms with Crippen LogP contribution in [0.1, 0.15) is 120 Å². The predicted octanol–water partition coefficient (Wildman–Crippen LogP) is 10.6. The molecular weight excluding hydrogens is 589 g/mol. The van der Waals surface area contributed by atoms with Crippen LogP contribution in [-0.4, -0.2) is 50.3 Å². The average molecular weight is 661 g/mol. The zero-order valence-corrected chi connectivity index (χ0v) is 33.3. The van der Waals surface area contributed by atoms with Gasteiger partial charge >= 0.3 is 0 Å². The van der Waals surface area contributed by atoms with Gasteiger partial charge in [0.2, 0.25) is 0 Å². The fraction of sp³-hybridized carbons (Fsp3) is 0.846. The molecule has 3 rings (SSSR count). The van der Waals surface area contributed by atoms with Gasteiger partial charge in [-0.15, -0.1) is 0 Å². The van der Waals surface area contributed by atoms with E-state index in [0.717, 1.165) is 19.3 Å². The van der Waals surface area contributed by atoms with E-state index in [9.17, 15) is 10.2 Å². The van der Waals surface area contributed by atoms with Gasteiger partial charge in [-0.2, -0.15) is 0 Å². The molecule has 45 heavy (non-hydrogen) atoms. The molecule has 0 bridgehead atoms. The van der Waals surface area contributed by atoms with Crippen molar-refractivity contribution in [2.45, 2.75) is 181 Å². The molecule has 0 heterocycles. The maximum absolute atomic E-state index is 11.1. The van der Waals surface area contributed by atoms with E-state index in [4.69, 9.17) is 8.85 Å². The van der Waals surface area contributed by atoms with Gasteiger partial charge in [0.1, 0.15) is 5.60 Å². The molecule has 3 aliphatic rings. The minimum Gasteiger partial charge on any atom is -0.408 e. The Morgan fingerprint density at radius 2 is 1.53 bits per heavy atom. The van der Waals surface area contributed by atoms with E-state index >= 15 is 0 Å². The van der Waals surface area contributed by atoms with E-state index in [-0.39, 0.29) is 5.60 Å². The maximum atomic E-state index is 11.1. The first kappa shape index (κ1) is 38.9. The van der Waals surface area contributed by atoms with Crippen molar-refractivity contribution in [3.05, 3.63) is 36.0 Å². The molecule has 6 heteroatoms. The molecule has 4 nitrogen and oxygen atoms in total. The Kier molecular flexibility index (Phi) is 13.7. The molecule has 3 aliphatic carbocycles. The number of allylic oxidation sites excluding steroid dienone is 5. The molecule has 3 saturated carbocycles. The molecule has 0 aromatic carbocycles. The third-order valence-electron chi connectivity index (χ3n) is 12.8. The van der Waals surface area contributed by atoms with E-state index in [0.29, 0.717) is 41.9 Å². The number of fused-ring (bicyclic) bond motifs is 1. The highest BCUT2D eigenvalue weighted by Crippen LogP contribution is 2.59. The van der Waals surface area contributed by atoms with Gasteiger partial charge in [0, 0.05) is 0 Å². The van der Waals surface area contributed by atoms with Gasteiger partial charge in [0.05, 0.1) is 17.8 Å². The molecular formula is C39H72O4Si2. The average Bonchev–Trinajstić information content (AvgIpc) is 3.36. The highest BCUT2D eigenvalue weighted by Gasteiger charge is 2.51. The van der Waals surface area contributed by atoms with Crippen molar-refractivity contribution in [1.82, 2.24) is 0 Å². The van der Waals surface area contributed by atoms with Crippen LogP contribution in [0.25, 0.3) is 0 Å². The zero-order chi connectivity index (χ0) is 33.7. The summed E-state index contributed by atoms with van der Waals surface area (Å²) in [5.41, 5.74) is 1.02. The van der Waals surface area contributed by atoms with Crippen LogP contribution in [0.2, 0.25) is 37.8 Å². The van der Waals surface area contributed by atoms with Gasteiger partial charge in [-0.05, 0) is 138 Å². The largest absolute Gasteiger partial charge is 0.408 e. The number of hydrogen-bond donors (Lipinski definition) is 2. The van der Waals surface area contributed by atoms with E-state index < -0.39 is 34.4 Å². The van der Waals surface area contributed by atoms with Crippen LogP contribution in [0.3, 0.4) is 0 Å². The number of aliphatic hydroxyl groups excluding tert-OH is 2. The van der Waals surface area contributed by atoms with E-state index in [1.807, 2.05) is 6.92 Å². The molecule has 260 valence electrons. The summed E-state index contributed by atoms with van der Waals surface area (Å²) in [5.74, 6) is 2.22.